The number of aromatic nitrogens is 4. The van der Waals surface area contributed by atoms with Crippen LogP contribution in [0.5, 0.6) is 11.6 Å². The minimum absolute atomic E-state index is 0.0118. The molecule has 18 rings (SSSR count). The van der Waals surface area contributed by atoms with Crippen LogP contribution in [-0.2, 0) is 21.7 Å². The van der Waals surface area contributed by atoms with Crippen molar-refractivity contribution in [3.8, 4) is 11.6 Å². The Bertz CT molecular complexity index is 5010. The van der Waals surface area contributed by atoms with Crippen LogP contribution in [0.15, 0.2) is 249 Å². The van der Waals surface area contributed by atoms with E-state index in [1.165, 1.54) is 27.7 Å². The van der Waals surface area contributed by atoms with Crippen molar-refractivity contribution < 1.29 is 4.74 Å². The van der Waals surface area contributed by atoms with Gasteiger partial charge < -0.3 is 4.74 Å². The van der Waals surface area contributed by atoms with E-state index >= 15 is 0 Å². The number of fused-ring (bicyclic) bond motifs is 10. The molecule has 0 unspecified atom stereocenters. The summed E-state index contributed by atoms with van der Waals surface area (Å²) in [6.07, 6.45) is 4.36. The molecule has 0 amide bonds. The summed E-state index contributed by atoms with van der Waals surface area (Å²) in [6.45, 7) is 18.9. The van der Waals surface area contributed by atoms with Crippen LogP contribution in [0, 0.1) is 0 Å². The molecule has 12 heteroatoms. The van der Waals surface area contributed by atoms with Gasteiger partial charge in [0.1, 0.15) is 23.2 Å². The van der Waals surface area contributed by atoms with E-state index in [2.05, 4.69) is 316 Å². The highest BCUT2D eigenvalue weighted by atomic mass is 16.5. The van der Waals surface area contributed by atoms with Crippen LogP contribution in [0.4, 0.5) is 86.2 Å². The Morgan fingerprint density at radius 3 is 1.23 bits per heavy atom. The fourth-order valence-electron chi connectivity index (χ4n) is 16.6. The van der Waals surface area contributed by atoms with Gasteiger partial charge in [-0.05, 0) is 189 Å². The number of anilines is 15. The first kappa shape index (κ1) is 57.9. The summed E-state index contributed by atoms with van der Waals surface area (Å²) in [6, 6.07) is 89.6. The lowest BCUT2D eigenvalue weighted by Gasteiger charge is -2.47. The van der Waals surface area contributed by atoms with Crippen molar-refractivity contribution in [3.63, 3.8) is 0 Å². The van der Waals surface area contributed by atoms with Crippen LogP contribution in [0.2, 0.25) is 0 Å². The van der Waals surface area contributed by atoms with E-state index in [4.69, 9.17) is 24.7 Å². The number of ether oxygens (including phenoxy) is 1. The van der Waals surface area contributed by atoms with Gasteiger partial charge in [0.2, 0.25) is 17.8 Å². The first-order valence-electron chi connectivity index (χ1n) is 34.0. The van der Waals surface area contributed by atoms with Gasteiger partial charge in [0.05, 0.1) is 0 Å². The predicted octanol–water partition coefficient (Wildman–Crippen LogP) is 17.4. The monoisotopic (exact) mass is 1250 g/mol. The molecule has 4 aliphatic heterocycles. The molecule has 0 N–H and O–H groups in total. The molecule has 0 fully saturated rings. The molecule has 0 radical (unpaired) electrons. The Balaban J connectivity index is 0.954. The lowest BCUT2D eigenvalue weighted by atomic mass is 9.31. The van der Waals surface area contributed by atoms with Gasteiger partial charge in [-0.3, -0.25) is 24.5 Å². The number of para-hydroxylation sites is 7. The van der Waals surface area contributed by atoms with Gasteiger partial charge in [-0.15, -0.1) is 0 Å². The van der Waals surface area contributed by atoms with E-state index in [0.717, 1.165) is 133 Å². The van der Waals surface area contributed by atoms with E-state index in [9.17, 15) is 0 Å². The number of nitrogens with zero attached hydrogens (tertiary/aromatic N) is 9. The maximum absolute atomic E-state index is 7.67. The Hall–Kier alpha value is -10.7. The van der Waals surface area contributed by atoms with Gasteiger partial charge in [-0.2, -0.15) is 19.9 Å². The van der Waals surface area contributed by atoms with E-state index in [1.807, 2.05) is 12.1 Å². The molecule has 0 saturated carbocycles. The second kappa shape index (κ2) is 21.4. The van der Waals surface area contributed by atoms with Gasteiger partial charge in [0.15, 0.2) is 0 Å². The summed E-state index contributed by atoms with van der Waals surface area (Å²) in [5, 5.41) is 0. The highest BCUT2D eigenvalue weighted by molar-refractivity contribution is 7.02. The first-order chi connectivity index (χ1) is 46.6. The molecular weight excluding hydrogens is 1170 g/mol. The van der Waals surface area contributed by atoms with Gasteiger partial charge in [0, 0.05) is 73.9 Å². The lowest BCUT2D eigenvalue weighted by molar-refractivity contribution is 0.332. The van der Waals surface area contributed by atoms with Crippen LogP contribution in [0.3, 0.4) is 0 Å². The fraction of sp³-hybridized carbons (Fsp3) is 0.190. The van der Waals surface area contributed by atoms with Crippen molar-refractivity contribution in [2.45, 2.75) is 103 Å². The Morgan fingerprint density at radius 2 is 0.708 bits per heavy atom. The van der Waals surface area contributed by atoms with Crippen LogP contribution in [0.25, 0.3) is 0 Å². The first-order valence-corrected chi connectivity index (χ1v) is 34.0. The summed E-state index contributed by atoms with van der Waals surface area (Å²) in [5.41, 5.74) is 21.8. The van der Waals surface area contributed by atoms with Gasteiger partial charge in [-0.25, -0.2) is 0 Å². The summed E-state index contributed by atoms with van der Waals surface area (Å²) in [7, 11) is 0. The number of hydrogen-bond donors (Lipinski definition) is 0. The zero-order valence-corrected chi connectivity index (χ0v) is 55.6. The normalized spacial score (nSPS) is 16.5. The van der Waals surface area contributed by atoms with Gasteiger partial charge in [-0.1, -0.05) is 201 Å². The lowest BCUT2D eigenvalue weighted by Crippen LogP contribution is -2.65. The summed E-state index contributed by atoms with van der Waals surface area (Å²) in [4.78, 5) is 35.2. The molecule has 6 aliphatic rings. The molecule has 0 saturated heterocycles. The largest absolute Gasteiger partial charge is 0.440 e. The van der Waals surface area contributed by atoms with E-state index in [0.29, 0.717) is 17.8 Å². The third-order valence-electron chi connectivity index (χ3n) is 21.8. The number of benzene rings is 10. The van der Waals surface area contributed by atoms with E-state index in [1.54, 1.807) is 0 Å². The number of hydrogen-bond acceptors (Lipinski definition) is 10. The molecule has 466 valence electrons. The quantitative estimate of drug-likeness (QED) is 0.130. The molecule has 96 heavy (non-hydrogen) atoms. The summed E-state index contributed by atoms with van der Waals surface area (Å²) in [5.74, 6) is 4.68. The SMILES string of the molecule is CC1(C)CCC(C)(C)c2cc(N3c4cc5c(cc4B4c6cc7c(cc6N(c6ccccc6)c6nc(N(c8ccccc8)c8ccccc8)nc3c64)Oc3nc(N(c4ccccc4)c4ccccc4)nc4c3B7c3ccccc3N4c3ccccc3)C(C)(C)CCC5(C)C)ccc21. The standard InChI is InChI=1S/C84H73B2N9O/c1-81(2)45-46-82(3,4)62-49-60(43-44-61(62)81)95-70-51-64-63(83(5,6)47-48-84(64,7)8)50-66(70)86-67-52-68-72(53-71(67)94(59-39-25-14-26-40-59)75-73(86)76(95)88-79(87-75)91(54-29-15-9-16-30-54)55-31-17-10-18-32-55)96-78-74-77(93(58-37-23-13-24-38-58)69-42-28-27-41-65(69)85(68)74)89-80(90-78)92(56-33-19-11-20-34-56)57-35-21-12-22-36-57/h9-44,49-53H,45-48H2,1-8H3. The average molecular weight is 1250 g/mol. The van der Waals surface area contributed by atoms with Gasteiger partial charge in [0.25, 0.3) is 13.4 Å². The van der Waals surface area contributed by atoms with E-state index < -0.39 is 0 Å². The van der Waals surface area contributed by atoms with Crippen LogP contribution in [0.1, 0.15) is 103 Å². The smallest absolute Gasteiger partial charge is 0.260 e. The molecule has 2 aromatic heterocycles. The molecule has 0 bridgehead atoms. The number of rotatable bonds is 9. The molecule has 2 aliphatic carbocycles. The Kier molecular flexibility index (Phi) is 12.9. The highest BCUT2D eigenvalue weighted by Crippen LogP contribution is 2.54. The Morgan fingerprint density at radius 1 is 0.323 bits per heavy atom. The topological polar surface area (TPSA) is 77.0 Å². The molecule has 12 aromatic rings. The van der Waals surface area contributed by atoms with Crippen molar-refractivity contribution in [1.82, 2.24) is 19.9 Å². The van der Waals surface area contributed by atoms with Crippen LogP contribution >= 0.6 is 0 Å². The molecule has 10 aromatic carbocycles. The van der Waals surface area contributed by atoms with Crippen molar-refractivity contribution in [1.29, 1.82) is 0 Å². The van der Waals surface area contributed by atoms with Gasteiger partial charge >= 0.3 is 0 Å². The van der Waals surface area contributed by atoms with Crippen molar-refractivity contribution >= 4 is 132 Å². The summed E-state index contributed by atoms with van der Waals surface area (Å²) < 4.78 is 7.67. The highest BCUT2D eigenvalue weighted by Gasteiger charge is 2.52. The second-order valence-electron chi connectivity index (χ2n) is 29.5. The summed E-state index contributed by atoms with van der Waals surface area (Å²) >= 11 is 0. The van der Waals surface area contributed by atoms with E-state index in [-0.39, 0.29) is 35.1 Å². The molecule has 0 atom stereocenters. The zero-order valence-electron chi connectivity index (χ0n) is 55.6. The third kappa shape index (κ3) is 8.93. The average Bonchev–Trinajstić information content (AvgIpc) is 0.686. The minimum atomic E-state index is -0.346. The van der Waals surface area contributed by atoms with Crippen LogP contribution < -0.4 is 62.0 Å². The molecular formula is C84H73B2N9O. The maximum Gasteiger partial charge on any atom is 0.260 e. The second-order valence-corrected chi connectivity index (χ2v) is 29.5. The van der Waals surface area contributed by atoms with Crippen LogP contribution in [-0.4, -0.2) is 33.4 Å². The molecule has 0 spiro atoms. The Labute approximate surface area is 563 Å². The minimum Gasteiger partial charge on any atom is -0.440 e. The van der Waals surface area contributed by atoms with Crippen molar-refractivity contribution in [2.24, 2.45) is 0 Å². The van der Waals surface area contributed by atoms with Crippen molar-refractivity contribution in [2.75, 3.05) is 24.5 Å². The fourth-order valence-corrected chi connectivity index (χ4v) is 16.6. The molecule has 10 nitrogen and oxygen atoms in total. The van der Waals surface area contributed by atoms with Crippen molar-refractivity contribution in [3.05, 3.63) is 271 Å². The zero-order chi connectivity index (χ0) is 65.0. The maximum atomic E-state index is 7.67. The molecule has 6 heterocycles. The predicted molar refractivity (Wildman–Crippen MR) is 397 cm³/mol. The third-order valence-corrected chi connectivity index (χ3v) is 21.8.